The van der Waals surface area contributed by atoms with E-state index >= 15 is 0 Å². The second-order valence-corrected chi connectivity index (χ2v) is 4.99. The second-order valence-electron chi connectivity index (χ2n) is 4.99. The fourth-order valence-corrected chi connectivity index (χ4v) is 2.23. The van der Waals surface area contributed by atoms with Crippen molar-refractivity contribution >= 4 is 5.97 Å². The van der Waals surface area contributed by atoms with Gasteiger partial charge in [-0.15, -0.1) is 0 Å². The summed E-state index contributed by atoms with van der Waals surface area (Å²) in [5.74, 6) is 1.48. The van der Waals surface area contributed by atoms with Crippen molar-refractivity contribution < 1.29 is 19.0 Å². The zero-order valence-corrected chi connectivity index (χ0v) is 12.7. The lowest BCUT2D eigenvalue weighted by Crippen LogP contribution is -2.21. The van der Waals surface area contributed by atoms with Crippen LogP contribution in [0.2, 0.25) is 0 Å². The van der Waals surface area contributed by atoms with Crippen LogP contribution in [0.3, 0.4) is 0 Å². The lowest BCUT2D eigenvalue weighted by Gasteiger charge is -2.21. The molecular weight excluding hydrogens is 270 g/mol. The molecule has 1 atom stereocenters. The van der Waals surface area contributed by atoms with Crippen molar-refractivity contribution in [3.8, 4) is 11.5 Å². The molecular formula is C16H23NO4. The van der Waals surface area contributed by atoms with Gasteiger partial charge in [-0.3, -0.25) is 4.79 Å². The summed E-state index contributed by atoms with van der Waals surface area (Å²) in [6.07, 6.45) is 1.22. The third-order valence-corrected chi connectivity index (χ3v) is 3.38. The second kappa shape index (κ2) is 7.88. The monoisotopic (exact) mass is 293 g/mol. The van der Waals surface area contributed by atoms with Gasteiger partial charge in [-0.2, -0.15) is 0 Å². The normalized spacial score (nSPS) is 14.6. The largest absolute Gasteiger partial charge is 0.486 e. The van der Waals surface area contributed by atoms with Gasteiger partial charge in [0.05, 0.1) is 6.61 Å². The van der Waals surface area contributed by atoms with E-state index in [-0.39, 0.29) is 12.0 Å². The third kappa shape index (κ3) is 4.63. The molecule has 116 valence electrons. The molecule has 5 heteroatoms. The fraction of sp³-hybridized carbons (Fsp3) is 0.562. The van der Waals surface area contributed by atoms with E-state index in [0.717, 1.165) is 30.0 Å². The van der Waals surface area contributed by atoms with Crippen molar-refractivity contribution in [2.45, 2.75) is 32.7 Å². The van der Waals surface area contributed by atoms with Crippen LogP contribution < -0.4 is 14.8 Å². The van der Waals surface area contributed by atoms with Gasteiger partial charge in [0.2, 0.25) is 0 Å². The van der Waals surface area contributed by atoms with Crippen LogP contribution in [0.5, 0.6) is 11.5 Å². The highest BCUT2D eigenvalue weighted by Crippen LogP contribution is 2.32. The number of fused-ring (bicyclic) bond motifs is 1. The number of esters is 1. The van der Waals surface area contributed by atoms with Crippen LogP contribution in [0.25, 0.3) is 0 Å². The van der Waals surface area contributed by atoms with E-state index in [1.54, 1.807) is 0 Å². The molecule has 1 aromatic carbocycles. The minimum atomic E-state index is -0.133. The highest BCUT2D eigenvalue weighted by molar-refractivity contribution is 5.69. The lowest BCUT2D eigenvalue weighted by atomic mass is 10.1. The van der Waals surface area contributed by atoms with E-state index in [9.17, 15) is 4.79 Å². The summed E-state index contributed by atoms with van der Waals surface area (Å²) in [5.41, 5.74) is 1.15. The molecule has 1 unspecified atom stereocenters. The van der Waals surface area contributed by atoms with E-state index < -0.39 is 0 Å². The van der Waals surface area contributed by atoms with Gasteiger partial charge in [0.25, 0.3) is 0 Å². The number of rotatable bonds is 7. The minimum Gasteiger partial charge on any atom is -0.486 e. The maximum Gasteiger partial charge on any atom is 0.305 e. The van der Waals surface area contributed by atoms with Gasteiger partial charge in [-0.05, 0) is 44.5 Å². The van der Waals surface area contributed by atoms with Gasteiger partial charge >= 0.3 is 5.97 Å². The van der Waals surface area contributed by atoms with Crippen molar-refractivity contribution in [2.75, 3.05) is 26.4 Å². The Bertz CT molecular complexity index is 475. The summed E-state index contributed by atoms with van der Waals surface area (Å²) in [7, 11) is 0. The van der Waals surface area contributed by atoms with Gasteiger partial charge in [-0.25, -0.2) is 0 Å². The van der Waals surface area contributed by atoms with Crippen molar-refractivity contribution in [3.05, 3.63) is 23.8 Å². The molecule has 5 nitrogen and oxygen atoms in total. The van der Waals surface area contributed by atoms with Gasteiger partial charge in [0, 0.05) is 12.5 Å². The molecule has 0 fully saturated rings. The van der Waals surface area contributed by atoms with Crippen LogP contribution >= 0.6 is 0 Å². The molecule has 0 radical (unpaired) electrons. The molecule has 1 N–H and O–H groups in total. The standard InChI is InChI=1S/C16H23NO4/c1-3-19-16(18)5-4-8-17-12(2)13-6-7-14-15(11-13)21-10-9-20-14/h6-7,11-12,17H,3-5,8-10H2,1-2H3. The molecule has 1 aromatic rings. The summed E-state index contributed by atoms with van der Waals surface area (Å²) in [4.78, 5) is 11.2. The summed E-state index contributed by atoms with van der Waals surface area (Å²) in [5, 5.41) is 3.40. The van der Waals surface area contributed by atoms with Crippen LogP contribution in [0, 0.1) is 0 Å². The maximum atomic E-state index is 11.2. The maximum absolute atomic E-state index is 11.2. The molecule has 1 aliphatic heterocycles. The highest BCUT2D eigenvalue weighted by atomic mass is 16.6. The molecule has 0 aliphatic carbocycles. The van der Waals surface area contributed by atoms with Crippen molar-refractivity contribution in [1.82, 2.24) is 5.32 Å². The fourth-order valence-electron chi connectivity index (χ4n) is 2.23. The summed E-state index contributed by atoms with van der Waals surface area (Å²) in [6.45, 7) is 6.33. The van der Waals surface area contributed by atoms with E-state index in [0.29, 0.717) is 26.2 Å². The zero-order valence-electron chi connectivity index (χ0n) is 12.7. The highest BCUT2D eigenvalue weighted by Gasteiger charge is 2.14. The van der Waals surface area contributed by atoms with Gasteiger partial charge in [0.15, 0.2) is 11.5 Å². The number of hydrogen-bond donors (Lipinski definition) is 1. The average molecular weight is 293 g/mol. The molecule has 21 heavy (non-hydrogen) atoms. The number of carbonyl (C=O) groups is 1. The molecule has 0 spiro atoms. The Hall–Kier alpha value is -1.75. The molecule has 0 saturated heterocycles. The first-order valence-corrected chi connectivity index (χ1v) is 7.49. The molecule has 1 heterocycles. The first kappa shape index (κ1) is 15.6. The Kier molecular flexibility index (Phi) is 5.87. The van der Waals surface area contributed by atoms with Crippen molar-refractivity contribution in [2.24, 2.45) is 0 Å². The number of carbonyl (C=O) groups excluding carboxylic acids is 1. The summed E-state index contributed by atoms with van der Waals surface area (Å²) < 4.78 is 16.0. The van der Waals surface area contributed by atoms with Crippen LogP contribution in [0.15, 0.2) is 18.2 Å². The van der Waals surface area contributed by atoms with E-state index in [2.05, 4.69) is 12.2 Å². The molecule has 0 bridgehead atoms. The minimum absolute atomic E-state index is 0.133. The van der Waals surface area contributed by atoms with Crippen molar-refractivity contribution in [1.29, 1.82) is 0 Å². The Labute approximate surface area is 125 Å². The average Bonchev–Trinajstić information content (AvgIpc) is 2.51. The first-order chi connectivity index (χ1) is 10.2. The Morgan fingerprint density at radius 3 is 2.86 bits per heavy atom. The van der Waals surface area contributed by atoms with Crippen LogP contribution in [0.4, 0.5) is 0 Å². The number of benzene rings is 1. The predicted molar refractivity (Wildman–Crippen MR) is 79.7 cm³/mol. The topological polar surface area (TPSA) is 56.8 Å². The van der Waals surface area contributed by atoms with Crippen LogP contribution in [-0.4, -0.2) is 32.3 Å². The van der Waals surface area contributed by atoms with Crippen molar-refractivity contribution in [3.63, 3.8) is 0 Å². The Morgan fingerprint density at radius 1 is 1.33 bits per heavy atom. The van der Waals surface area contributed by atoms with Gasteiger partial charge in [0.1, 0.15) is 13.2 Å². The van der Waals surface area contributed by atoms with Gasteiger partial charge in [-0.1, -0.05) is 6.07 Å². The smallest absolute Gasteiger partial charge is 0.305 e. The van der Waals surface area contributed by atoms with E-state index in [1.807, 2.05) is 25.1 Å². The third-order valence-electron chi connectivity index (χ3n) is 3.38. The molecule has 0 saturated carbocycles. The van der Waals surface area contributed by atoms with Crippen LogP contribution in [0.1, 0.15) is 38.3 Å². The zero-order chi connectivity index (χ0) is 15.1. The molecule has 2 rings (SSSR count). The Balaban J connectivity index is 1.78. The molecule has 1 aliphatic rings. The molecule has 0 amide bonds. The Morgan fingerprint density at radius 2 is 2.10 bits per heavy atom. The summed E-state index contributed by atoms with van der Waals surface area (Å²) in [6, 6.07) is 6.19. The first-order valence-electron chi connectivity index (χ1n) is 7.49. The number of nitrogens with one attached hydrogen (secondary N) is 1. The van der Waals surface area contributed by atoms with Crippen LogP contribution in [-0.2, 0) is 9.53 Å². The lowest BCUT2D eigenvalue weighted by molar-refractivity contribution is -0.143. The molecule has 0 aromatic heterocycles. The van der Waals surface area contributed by atoms with E-state index in [1.165, 1.54) is 0 Å². The van der Waals surface area contributed by atoms with Gasteiger partial charge < -0.3 is 19.5 Å². The predicted octanol–water partition coefficient (Wildman–Crippen LogP) is 2.45. The summed E-state index contributed by atoms with van der Waals surface area (Å²) >= 11 is 0. The SMILES string of the molecule is CCOC(=O)CCCNC(C)c1ccc2c(c1)OCCO2. The van der Waals surface area contributed by atoms with E-state index in [4.69, 9.17) is 14.2 Å². The number of ether oxygens (including phenoxy) is 3. The quantitative estimate of drug-likeness (QED) is 0.618. The number of hydrogen-bond acceptors (Lipinski definition) is 5.